The number of benzene rings is 2. The number of nitrogens with zero attached hydrogens (tertiary/aromatic N) is 1. The Kier molecular flexibility index (Phi) is 4.39. The van der Waals surface area contributed by atoms with Gasteiger partial charge in [0, 0.05) is 10.0 Å². The molecule has 24 heavy (non-hydrogen) atoms. The van der Waals surface area contributed by atoms with Crippen molar-refractivity contribution < 1.29 is 9.53 Å². The standard InChI is InChI=1S/C18H10Cl2N2O2/c19-12-5-1-10(2-6-12)14(9-21)17-16(23)15(18(22)24-17)11-3-7-13(20)8-4-11/h1-8,15,22H/b17-14-,22-18?. The van der Waals surface area contributed by atoms with Gasteiger partial charge in [-0.3, -0.25) is 10.2 Å². The van der Waals surface area contributed by atoms with Crippen molar-refractivity contribution in [1.29, 1.82) is 10.7 Å². The molecule has 1 fully saturated rings. The second-order valence-electron chi connectivity index (χ2n) is 5.14. The van der Waals surface area contributed by atoms with Gasteiger partial charge in [-0.15, -0.1) is 0 Å². The SMILES string of the molecule is N#C/C(=C1/OC(=N)C(c2ccc(Cl)cc2)C1=O)c1ccc(Cl)cc1. The minimum absolute atomic E-state index is 0.0814. The third kappa shape index (κ3) is 2.92. The maximum Gasteiger partial charge on any atom is 0.216 e. The molecule has 1 atom stereocenters. The predicted molar refractivity (Wildman–Crippen MR) is 92.0 cm³/mol. The zero-order valence-corrected chi connectivity index (χ0v) is 13.7. The van der Waals surface area contributed by atoms with Crippen molar-refractivity contribution in [3.05, 3.63) is 75.5 Å². The van der Waals surface area contributed by atoms with Gasteiger partial charge >= 0.3 is 0 Å². The first-order valence-corrected chi connectivity index (χ1v) is 7.73. The van der Waals surface area contributed by atoms with Crippen molar-refractivity contribution >= 4 is 40.5 Å². The van der Waals surface area contributed by atoms with Crippen LogP contribution in [0.4, 0.5) is 0 Å². The maximum atomic E-state index is 12.7. The molecular formula is C18H10Cl2N2O2. The fourth-order valence-electron chi connectivity index (χ4n) is 2.46. The van der Waals surface area contributed by atoms with Crippen LogP contribution in [0.3, 0.4) is 0 Å². The fourth-order valence-corrected chi connectivity index (χ4v) is 2.72. The highest BCUT2D eigenvalue weighted by atomic mass is 35.5. The zero-order valence-electron chi connectivity index (χ0n) is 12.2. The molecular weight excluding hydrogens is 347 g/mol. The minimum Gasteiger partial charge on any atom is -0.437 e. The van der Waals surface area contributed by atoms with Gasteiger partial charge in [0.25, 0.3) is 0 Å². The molecule has 118 valence electrons. The summed E-state index contributed by atoms with van der Waals surface area (Å²) in [7, 11) is 0. The third-order valence-corrected chi connectivity index (χ3v) is 4.14. The van der Waals surface area contributed by atoms with Crippen LogP contribution in [-0.4, -0.2) is 11.7 Å². The number of rotatable bonds is 2. The van der Waals surface area contributed by atoms with E-state index in [4.69, 9.17) is 33.3 Å². The predicted octanol–water partition coefficient (Wildman–Crippen LogP) is 4.59. The lowest BCUT2D eigenvalue weighted by atomic mass is 9.93. The summed E-state index contributed by atoms with van der Waals surface area (Å²) in [4.78, 5) is 12.7. The van der Waals surface area contributed by atoms with Gasteiger partial charge in [0.15, 0.2) is 5.76 Å². The van der Waals surface area contributed by atoms with E-state index in [1.165, 1.54) is 0 Å². The van der Waals surface area contributed by atoms with Gasteiger partial charge in [-0.1, -0.05) is 47.5 Å². The lowest BCUT2D eigenvalue weighted by Crippen LogP contribution is -2.12. The van der Waals surface area contributed by atoms with Crippen LogP contribution in [0.25, 0.3) is 5.57 Å². The second kappa shape index (κ2) is 6.48. The largest absolute Gasteiger partial charge is 0.437 e. The molecule has 1 aliphatic heterocycles. The minimum atomic E-state index is -0.868. The fraction of sp³-hybridized carbons (Fsp3) is 0.0556. The molecule has 2 aromatic carbocycles. The molecule has 1 saturated heterocycles. The van der Waals surface area contributed by atoms with Gasteiger partial charge in [-0.05, 0) is 35.4 Å². The number of ether oxygens (including phenoxy) is 1. The molecule has 6 heteroatoms. The van der Waals surface area contributed by atoms with E-state index in [2.05, 4.69) is 0 Å². The summed E-state index contributed by atoms with van der Waals surface area (Å²) in [5.41, 5.74) is 1.19. The lowest BCUT2D eigenvalue weighted by Gasteiger charge is -2.05. The maximum absolute atomic E-state index is 12.7. The quantitative estimate of drug-likeness (QED) is 0.631. The van der Waals surface area contributed by atoms with E-state index in [9.17, 15) is 10.1 Å². The van der Waals surface area contributed by atoms with Crippen LogP contribution in [-0.2, 0) is 9.53 Å². The Bertz CT molecular complexity index is 894. The van der Waals surface area contributed by atoms with Crippen molar-refractivity contribution in [3.8, 4) is 6.07 Å². The highest BCUT2D eigenvalue weighted by Gasteiger charge is 2.40. The average Bonchev–Trinajstić information content (AvgIpc) is 2.86. The van der Waals surface area contributed by atoms with Crippen LogP contribution in [0.15, 0.2) is 54.3 Å². The van der Waals surface area contributed by atoms with Gasteiger partial charge in [0.2, 0.25) is 11.7 Å². The summed E-state index contributed by atoms with van der Waals surface area (Å²) in [5.74, 6) is -1.62. The van der Waals surface area contributed by atoms with Crippen molar-refractivity contribution in [2.45, 2.75) is 5.92 Å². The first-order valence-electron chi connectivity index (χ1n) is 6.97. The van der Waals surface area contributed by atoms with E-state index in [1.54, 1.807) is 48.5 Å². The average molecular weight is 357 g/mol. The number of nitrogens with one attached hydrogen (secondary N) is 1. The van der Waals surface area contributed by atoms with Crippen LogP contribution in [0.2, 0.25) is 10.0 Å². The summed E-state index contributed by atoms with van der Waals surface area (Å²) in [5, 5.41) is 18.5. The van der Waals surface area contributed by atoms with Gasteiger partial charge < -0.3 is 4.74 Å². The molecule has 0 amide bonds. The molecule has 0 spiro atoms. The Morgan fingerprint density at radius 1 is 1.04 bits per heavy atom. The molecule has 1 N–H and O–H groups in total. The number of carbonyl (C=O) groups is 1. The number of ketones is 1. The van der Waals surface area contributed by atoms with Crippen molar-refractivity contribution in [3.63, 3.8) is 0 Å². The molecule has 1 unspecified atom stereocenters. The van der Waals surface area contributed by atoms with Crippen molar-refractivity contribution in [1.82, 2.24) is 0 Å². The molecule has 0 aliphatic carbocycles. The van der Waals surface area contributed by atoms with Crippen LogP contribution in [0, 0.1) is 16.7 Å². The van der Waals surface area contributed by atoms with Crippen molar-refractivity contribution in [2.24, 2.45) is 0 Å². The molecule has 3 rings (SSSR count). The van der Waals surface area contributed by atoms with Crippen LogP contribution in [0.1, 0.15) is 17.0 Å². The smallest absolute Gasteiger partial charge is 0.216 e. The van der Waals surface area contributed by atoms with Crippen LogP contribution in [0.5, 0.6) is 0 Å². The summed E-state index contributed by atoms with van der Waals surface area (Å²) in [6.45, 7) is 0. The van der Waals surface area contributed by atoms with Gasteiger partial charge in [0.1, 0.15) is 17.6 Å². The van der Waals surface area contributed by atoms with Crippen molar-refractivity contribution in [2.75, 3.05) is 0 Å². The number of allylic oxidation sites excluding steroid dienone is 2. The summed E-state index contributed by atoms with van der Waals surface area (Å²) in [6.07, 6.45) is 0. The van der Waals surface area contributed by atoms with Gasteiger partial charge in [0.05, 0.1) is 0 Å². The Morgan fingerprint density at radius 2 is 1.58 bits per heavy atom. The number of hydrogen-bond acceptors (Lipinski definition) is 4. The van der Waals surface area contributed by atoms with Crippen LogP contribution < -0.4 is 0 Å². The highest BCUT2D eigenvalue weighted by molar-refractivity contribution is 6.31. The van der Waals surface area contributed by atoms with E-state index >= 15 is 0 Å². The molecule has 4 nitrogen and oxygen atoms in total. The number of nitriles is 1. The van der Waals surface area contributed by atoms with E-state index < -0.39 is 11.7 Å². The molecule has 0 bridgehead atoms. The molecule has 1 heterocycles. The number of hydrogen-bond donors (Lipinski definition) is 1. The topological polar surface area (TPSA) is 73.9 Å². The molecule has 1 aliphatic rings. The molecule has 0 saturated carbocycles. The number of carbonyl (C=O) groups excluding carboxylic acids is 1. The molecule has 0 aromatic heterocycles. The Balaban J connectivity index is 2.05. The monoisotopic (exact) mass is 356 g/mol. The summed E-state index contributed by atoms with van der Waals surface area (Å²) >= 11 is 11.7. The Hall–Kier alpha value is -2.61. The highest BCUT2D eigenvalue weighted by Crippen LogP contribution is 2.34. The molecule has 2 aromatic rings. The van der Waals surface area contributed by atoms with E-state index in [0.717, 1.165) is 0 Å². The second-order valence-corrected chi connectivity index (χ2v) is 6.01. The van der Waals surface area contributed by atoms with E-state index in [0.29, 0.717) is 21.2 Å². The normalized spacial score (nSPS) is 19.0. The van der Waals surface area contributed by atoms with Crippen LogP contribution >= 0.6 is 23.2 Å². The zero-order chi connectivity index (χ0) is 17.3. The first-order chi connectivity index (χ1) is 11.5. The molecule has 0 radical (unpaired) electrons. The Morgan fingerprint density at radius 3 is 2.12 bits per heavy atom. The van der Waals surface area contributed by atoms with Gasteiger partial charge in [-0.25, -0.2) is 0 Å². The number of halogens is 2. The van der Waals surface area contributed by atoms with Gasteiger partial charge in [-0.2, -0.15) is 5.26 Å². The summed E-state index contributed by atoms with van der Waals surface area (Å²) < 4.78 is 5.33. The Labute approximate surface area is 148 Å². The van der Waals surface area contributed by atoms with E-state index in [1.807, 2.05) is 6.07 Å². The lowest BCUT2D eigenvalue weighted by molar-refractivity contribution is -0.115. The third-order valence-electron chi connectivity index (χ3n) is 3.64. The first kappa shape index (κ1) is 16.3. The summed E-state index contributed by atoms with van der Waals surface area (Å²) in [6, 6.07) is 15.1. The van der Waals surface area contributed by atoms with E-state index in [-0.39, 0.29) is 17.2 Å². The number of Topliss-reactive ketones (excluding diaryl/α,β-unsaturated/α-hetero) is 1.